The number of rotatable bonds is 1. The molecule has 0 N–H and O–H groups in total. The summed E-state index contributed by atoms with van der Waals surface area (Å²) in [5, 5.41) is 2.46. The second kappa shape index (κ2) is 5.65. The molecule has 0 spiro atoms. The molecule has 128 valence electrons. The van der Waals surface area contributed by atoms with Gasteiger partial charge in [0.1, 0.15) is 0 Å². The molecule has 3 aliphatic rings. The normalized spacial score (nSPS) is 16.4. The van der Waals surface area contributed by atoms with Crippen molar-refractivity contribution in [3.05, 3.63) is 100 Å². The van der Waals surface area contributed by atoms with Gasteiger partial charge in [-0.2, -0.15) is 0 Å². The van der Waals surface area contributed by atoms with Gasteiger partial charge in [-0.25, -0.2) is 4.99 Å². The van der Waals surface area contributed by atoms with Gasteiger partial charge in [0.25, 0.3) is 0 Å². The van der Waals surface area contributed by atoms with E-state index in [1.807, 2.05) is 0 Å². The molecule has 0 fully saturated rings. The van der Waals surface area contributed by atoms with Crippen LogP contribution in [0.1, 0.15) is 30.4 Å². The SMILES string of the molecule is C1=C(c2ccccc2)C2=C(CC=c3c2ccc2c3=Nc3ccccc3-2)CC1. The van der Waals surface area contributed by atoms with Crippen LogP contribution in [0.15, 0.2) is 83.4 Å². The Morgan fingerprint density at radius 2 is 1.52 bits per heavy atom. The molecule has 1 heterocycles. The highest BCUT2D eigenvalue weighted by Gasteiger charge is 2.24. The molecule has 27 heavy (non-hydrogen) atoms. The second-order valence-corrected chi connectivity index (χ2v) is 7.46. The van der Waals surface area contributed by atoms with Crippen molar-refractivity contribution < 1.29 is 0 Å². The Bertz CT molecular complexity index is 1270. The largest absolute Gasteiger partial charge is 0.247 e. The Kier molecular flexibility index (Phi) is 3.12. The van der Waals surface area contributed by atoms with E-state index >= 15 is 0 Å². The van der Waals surface area contributed by atoms with Gasteiger partial charge in [-0.05, 0) is 47.6 Å². The van der Waals surface area contributed by atoms with Gasteiger partial charge < -0.3 is 0 Å². The molecule has 3 aromatic carbocycles. The average Bonchev–Trinajstić information content (AvgIpc) is 3.12. The summed E-state index contributed by atoms with van der Waals surface area (Å²) >= 11 is 0. The maximum Gasteiger partial charge on any atom is 0.0791 e. The quantitative estimate of drug-likeness (QED) is 0.436. The molecule has 6 rings (SSSR count). The molecule has 0 aromatic heterocycles. The second-order valence-electron chi connectivity index (χ2n) is 7.46. The van der Waals surface area contributed by atoms with Gasteiger partial charge in [0.2, 0.25) is 0 Å². The van der Waals surface area contributed by atoms with Crippen LogP contribution in [0.4, 0.5) is 5.69 Å². The highest BCUT2D eigenvalue weighted by Crippen LogP contribution is 2.41. The van der Waals surface area contributed by atoms with E-state index in [1.165, 1.54) is 38.6 Å². The van der Waals surface area contributed by atoms with Crippen molar-refractivity contribution in [3.8, 4) is 11.1 Å². The molecule has 0 saturated carbocycles. The van der Waals surface area contributed by atoms with Crippen LogP contribution in [0.25, 0.3) is 28.3 Å². The fourth-order valence-corrected chi connectivity index (χ4v) is 4.74. The van der Waals surface area contributed by atoms with Crippen molar-refractivity contribution in [2.45, 2.75) is 19.3 Å². The molecule has 0 saturated heterocycles. The van der Waals surface area contributed by atoms with Gasteiger partial charge >= 0.3 is 0 Å². The van der Waals surface area contributed by atoms with E-state index in [9.17, 15) is 0 Å². The third-order valence-corrected chi connectivity index (χ3v) is 5.97. The number of hydrogen-bond donors (Lipinski definition) is 0. The summed E-state index contributed by atoms with van der Waals surface area (Å²) in [6, 6.07) is 23.9. The molecule has 0 unspecified atom stereocenters. The summed E-state index contributed by atoms with van der Waals surface area (Å²) in [5.41, 5.74) is 10.7. The Labute approximate surface area is 158 Å². The zero-order valence-electron chi connectivity index (χ0n) is 15.1. The van der Waals surface area contributed by atoms with Crippen LogP contribution in [-0.4, -0.2) is 0 Å². The topological polar surface area (TPSA) is 12.4 Å². The van der Waals surface area contributed by atoms with Gasteiger partial charge in [0.05, 0.1) is 11.0 Å². The van der Waals surface area contributed by atoms with Crippen LogP contribution in [0, 0.1) is 0 Å². The summed E-state index contributed by atoms with van der Waals surface area (Å²) in [7, 11) is 0. The summed E-state index contributed by atoms with van der Waals surface area (Å²) in [4.78, 5) is 4.99. The molecule has 0 radical (unpaired) electrons. The summed E-state index contributed by atoms with van der Waals surface area (Å²) in [6.45, 7) is 0. The summed E-state index contributed by atoms with van der Waals surface area (Å²) in [6.07, 6.45) is 8.15. The smallest absolute Gasteiger partial charge is 0.0791 e. The standard InChI is InChI=1S/C26H19N/c1-2-7-17(8-3-1)19-11-6-9-18-13-14-23-21(25(18)19)15-16-22-20-10-4-5-12-24(20)27-26(22)23/h1-5,7-8,10-12,14-16H,6,9,13H2. The van der Waals surface area contributed by atoms with Crippen LogP contribution < -0.4 is 10.6 Å². The highest BCUT2D eigenvalue weighted by molar-refractivity contribution is 6.08. The fraction of sp³-hybridized carbons (Fsp3) is 0.115. The van der Waals surface area contributed by atoms with E-state index in [-0.39, 0.29) is 0 Å². The van der Waals surface area contributed by atoms with Crippen molar-refractivity contribution in [3.63, 3.8) is 0 Å². The molecule has 1 nitrogen and oxygen atoms in total. The minimum absolute atomic E-state index is 1.04. The molecular formula is C26H19N. The Balaban J connectivity index is 1.60. The minimum Gasteiger partial charge on any atom is -0.247 e. The molecule has 0 atom stereocenters. The van der Waals surface area contributed by atoms with Crippen molar-refractivity contribution >= 4 is 22.9 Å². The predicted octanol–water partition coefficient (Wildman–Crippen LogP) is 5.43. The van der Waals surface area contributed by atoms with Crippen molar-refractivity contribution in [1.82, 2.24) is 0 Å². The number of nitrogens with zero attached hydrogens (tertiary/aromatic N) is 1. The molecule has 0 bridgehead atoms. The van der Waals surface area contributed by atoms with Gasteiger partial charge in [-0.3, -0.25) is 0 Å². The maximum absolute atomic E-state index is 4.99. The summed E-state index contributed by atoms with van der Waals surface area (Å²) < 4.78 is 0. The maximum atomic E-state index is 4.99. The fourth-order valence-electron chi connectivity index (χ4n) is 4.74. The Morgan fingerprint density at radius 1 is 0.704 bits per heavy atom. The van der Waals surface area contributed by atoms with E-state index in [2.05, 4.69) is 78.9 Å². The average molecular weight is 345 g/mol. The zero-order chi connectivity index (χ0) is 17.8. The third kappa shape index (κ3) is 2.15. The van der Waals surface area contributed by atoms with E-state index in [0.717, 1.165) is 30.3 Å². The van der Waals surface area contributed by atoms with Gasteiger partial charge in [0.15, 0.2) is 0 Å². The monoisotopic (exact) mass is 345 g/mol. The lowest BCUT2D eigenvalue weighted by atomic mass is 9.78. The molecule has 3 aromatic rings. The zero-order valence-corrected chi connectivity index (χ0v) is 15.1. The highest BCUT2D eigenvalue weighted by atomic mass is 14.8. The first kappa shape index (κ1) is 14.9. The molecule has 1 heteroatoms. The number of para-hydroxylation sites is 1. The van der Waals surface area contributed by atoms with Crippen molar-refractivity contribution in [2.24, 2.45) is 4.99 Å². The van der Waals surface area contributed by atoms with Crippen molar-refractivity contribution in [2.75, 3.05) is 0 Å². The molecule has 1 aliphatic heterocycles. The van der Waals surface area contributed by atoms with Crippen LogP contribution in [0.2, 0.25) is 0 Å². The number of allylic oxidation sites excluding steroid dienone is 4. The van der Waals surface area contributed by atoms with Crippen LogP contribution in [0.3, 0.4) is 0 Å². The lowest BCUT2D eigenvalue weighted by Crippen LogP contribution is -2.31. The lowest BCUT2D eigenvalue weighted by molar-refractivity contribution is 0.939. The van der Waals surface area contributed by atoms with E-state index in [4.69, 9.17) is 4.99 Å². The Hall–Kier alpha value is -3.19. The number of benzene rings is 3. The minimum atomic E-state index is 1.04. The first-order chi connectivity index (χ1) is 13.4. The third-order valence-electron chi connectivity index (χ3n) is 5.97. The summed E-state index contributed by atoms with van der Waals surface area (Å²) in [5.74, 6) is 0. The van der Waals surface area contributed by atoms with E-state index < -0.39 is 0 Å². The number of fused-ring (bicyclic) bond motifs is 6. The first-order valence-corrected chi connectivity index (χ1v) is 9.70. The first-order valence-electron chi connectivity index (χ1n) is 9.70. The van der Waals surface area contributed by atoms with Gasteiger partial charge in [-0.1, -0.05) is 78.4 Å². The molecule has 2 aliphatic carbocycles. The van der Waals surface area contributed by atoms with Crippen LogP contribution in [0.5, 0.6) is 0 Å². The lowest BCUT2D eigenvalue weighted by Gasteiger charge is -2.26. The predicted molar refractivity (Wildman–Crippen MR) is 112 cm³/mol. The van der Waals surface area contributed by atoms with Gasteiger partial charge in [0, 0.05) is 16.3 Å². The van der Waals surface area contributed by atoms with Crippen molar-refractivity contribution in [1.29, 1.82) is 0 Å². The number of hydrogen-bond acceptors (Lipinski definition) is 1. The molecular weight excluding hydrogens is 326 g/mol. The Morgan fingerprint density at radius 3 is 2.44 bits per heavy atom. The van der Waals surface area contributed by atoms with Crippen LogP contribution in [-0.2, 0) is 0 Å². The molecule has 0 amide bonds. The van der Waals surface area contributed by atoms with E-state index in [0.29, 0.717) is 0 Å². The van der Waals surface area contributed by atoms with E-state index in [1.54, 1.807) is 5.57 Å². The van der Waals surface area contributed by atoms with Gasteiger partial charge in [-0.15, -0.1) is 0 Å². The van der Waals surface area contributed by atoms with Crippen LogP contribution >= 0.6 is 0 Å².